The van der Waals surface area contributed by atoms with Gasteiger partial charge in [-0.25, -0.2) is 18.3 Å². The maximum absolute atomic E-state index is 13.0. The topological polar surface area (TPSA) is 57.0 Å². The van der Waals surface area contributed by atoms with Gasteiger partial charge in [-0.2, -0.15) is 0 Å². The number of aromatic nitrogens is 3. The second kappa shape index (κ2) is 6.57. The zero-order valence-electron chi connectivity index (χ0n) is 12.7. The summed E-state index contributed by atoms with van der Waals surface area (Å²) in [5.41, 5.74) is 1.79. The molecule has 0 spiro atoms. The summed E-state index contributed by atoms with van der Waals surface area (Å²) in [6.45, 7) is 1.67. The van der Waals surface area contributed by atoms with Gasteiger partial charge >= 0.3 is 5.97 Å². The number of nitrogens with zero attached hydrogens (tertiary/aromatic N) is 3. The van der Waals surface area contributed by atoms with Gasteiger partial charge in [0.1, 0.15) is 18.2 Å². The van der Waals surface area contributed by atoms with Gasteiger partial charge in [0, 0.05) is 0 Å². The van der Waals surface area contributed by atoms with Gasteiger partial charge in [0.05, 0.1) is 11.4 Å². The van der Waals surface area contributed by atoms with Gasteiger partial charge in [0.15, 0.2) is 5.69 Å². The lowest BCUT2D eigenvalue weighted by Crippen LogP contribution is -2.08. The van der Waals surface area contributed by atoms with Gasteiger partial charge in [-0.3, -0.25) is 0 Å². The van der Waals surface area contributed by atoms with E-state index in [-0.39, 0.29) is 23.9 Å². The van der Waals surface area contributed by atoms with E-state index >= 15 is 0 Å². The van der Waals surface area contributed by atoms with Crippen LogP contribution >= 0.6 is 0 Å². The summed E-state index contributed by atoms with van der Waals surface area (Å²) >= 11 is 0. The maximum atomic E-state index is 13.0. The van der Waals surface area contributed by atoms with Crippen LogP contribution in [0.3, 0.4) is 0 Å². The summed E-state index contributed by atoms with van der Waals surface area (Å²) in [6, 6.07) is 11.3. The fraction of sp³-hybridized carbons (Fsp3) is 0.118. The van der Waals surface area contributed by atoms with E-state index in [0.717, 1.165) is 0 Å². The Balaban J connectivity index is 1.74. The van der Waals surface area contributed by atoms with Crippen molar-refractivity contribution >= 4 is 5.97 Å². The van der Waals surface area contributed by atoms with Gasteiger partial charge in [-0.05, 0) is 48.9 Å². The molecule has 24 heavy (non-hydrogen) atoms. The molecule has 2 aromatic carbocycles. The quantitative estimate of drug-likeness (QED) is 0.690. The summed E-state index contributed by atoms with van der Waals surface area (Å²) in [6.07, 6.45) is 0. The van der Waals surface area contributed by atoms with Crippen molar-refractivity contribution in [1.82, 2.24) is 15.0 Å². The fourth-order valence-corrected chi connectivity index (χ4v) is 2.14. The Bertz CT molecular complexity index is 859. The van der Waals surface area contributed by atoms with E-state index < -0.39 is 5.97 Å². The summed E-state index contributed by atoms with van der Waals surface area (Å²) < 4.78 is 32.4. The third-order valence-corrected chi connectivity index (χ3v) is 3.44. The molecule has 0 amide bonds. The van der Waals surface area contributed by atoms with Crippen molar-refractivity contribution in [2.45, 2.75) is 13.5 Å². The lowest BCUT2D eigenvalue weighted by atomic mass is 10.2. The first-order valence-corrected chi connectivity index (χ1v) is 7.14. The molecule has 0 atom stereocenters. The molecule has 1 aromatic heterocycles. The standard InChI is InChI=1S/C17H13F2N3O2/c1-11-16(17(23)24-10-12-2-4-13(18)5-3-12)20-21-22(11)15-8-6-14(19)7-9-15/h2-9H,10H2,1H3. The first kappa shape index (κ1) is 15.8. The maximum Gasteiger partial charge on any atom is 0.361 e. The minimum absolute atomic E-state index is 0.00195. The molecule has 0 saturated heterocycles. The van der Waals surface area contributed by atoms with Gasteiger partial charge in [0.25, 0.3) is 0 Å². The van der Waals surface area contributed by atoms with E-state index in [1.807, 2.05) is 0 Å². The van der Waals surface area contributed by atoms with Crippen LogP contribution in [-0.2, 0) is 11.3 Å². The molecule has 0 N–H and O–H groups in total. The van der Waals surface area contributed by atoms with Gasteiger partial charge in [0.2, 0.25) is 0 Å². The van der Waals surface area contributed by atoms with Gasteiger partial charge in [-0.1, -0.05) is 17.3 Å². The number of esters is 1. The average molecular weight is 329 g/mol. The third kappa shape index (κ3) is 3.29. The van der Waals surface area contributed by atoms with Gasteiger partial charge < -0.3 is 4.74 Å². The van der Waals surface area contributed by atoms with Crippen molar-refractivity contribution < 1.29 is 18.3 Å². The van der Waals surface area contributed by atoms with Crippen LogP contribution in [0.1, 0.15) is 21.7 Å². The minimum atomic E-state index is -0.634. The Kier molecular flexibility index (Phi) is 4.33. The number of hydrogen-bond donors (Lipinski definition) is 0. The molecule has 0 aliphatic heterocycles. The molecule has 0 fully saturated rings. The molecule has 122 valence electrons. The van der Waals surface area contributed by atoms with Crippen molar-refractivity contribution in [2.24, 2.45) is 0 Å². The van der Waals surface area contributed by atoms with Crippen molar-refractivity contribution in [3.8, 4) is 5.69 Å². The van der Waals surface area contributed by atoms with Crippen molar-refractivity contribution in [3.63, 3.8) is 0 Å². The van der Waals surface area contributed by atoms with E-state index in [9.17, 15) is 13.6 Å². The third-order valence-electron chi connectivity index (χ3n) is 3.44. The van der Waals surface area contributed by atoms with Crippen LogP contribution in [0, 0.1) is 18.6 Å². The molecule has 0 radical (unpaired) electrons. The summed E-state index contributed by atoms with van der Waals surface area (Å²) in [4.78, 5) is 12.1. The summed E-state index contributed by atoms with van der Waals surface area (Å²) in [5.74, 6) is -1.36. The second-order valence-corrected chi connectivity index (χ2v) is 5.11. The van der Waals surface area contributed by atoms with Crippen molar-refractivity contribution in [2.75, 3.05) is 0 Å². The second-order valence-electron chi connectivity index (χ2n) is 5.11. The number of carbonyl (C=O) groups is 1. The van der Waals surface area contributed by atoms with E-state index in [2.05, 4.69) is 10.3 Å². The van der Waals surface area contributed by atoms with E-state index in [1.54, 1.807) is 6.92 Å². The molecule has 7 heteroatoms. The molecule has 0 saturated carbocycles. The Morgan fingerprint density at radius 2 is 1.62 bits per heavy atom. The predicted octanol–water partition coefficient (Wildman–Crippen LogP) is 3.21. The highest BCUT2D eigenvalue weighted by molar-refractivity contribution is 5.88. The SMILES string of the molecule is Cc1c(C(=O)OCc2ccc(F)cc2)nnn1-c1ccc(F)cc1. The van der Waals surface area contributed by atoms with Crippen LogP contribution in [-0.4, -0.2) is 21.0 Å². The Labute approximate surface area is 136 Å². The average Bonchev–Trinajstić information content (AvgIpc) is 2.96. The number of carbonyl (C=O) groups excluding carboxylic acids is 1. The van der Waals surface area contributed by atoms with E-state index in [1.165, 1.54) is 53.2 Å². The molecule has 5 nitrogen and oxygen atoms in total. The van der Waals surface area contributed by atoms with E-state index in [4.69, 9.17) is 4.74 Å². The monoisotopic (exact) mass is 329 g/mol. The molecule has 3 rings (SSSR count). The lowest BCUT2D eigenvalue weighted by Gasteiger charge is -2.05. The number of halogens is 2. The number of rotatable bonds is 4. The number of benzene rings is 2. The van der Waals surface area contributed by atoms with Crippen LogP contribution in [0.15, 0.2) is 48.5 Å². The molecule has 0 bridgehead atoms. The highest BCUT2D eigenvalue weighted by Crippen LogP contribution is 2.14. The Morgan fingerprint density at radius 3 is 2.25 bits per heavy atom. The lowest BCUT2D eigenvalue weighted by molar-refractivity contribution is 0.0464. The molecule has 0 aliphatic rings. The largest absolute Gasteiger partial charge is 0.456 e. The first-order valence-electron chi connectivity index (χ1n) is 7.14. The van der Waals surface area contributed by atoms with Crippen molar-refractivity contribution in [3.05, 3.63) is 77.1 Å². The number of ether oxygens (including phenoxy) is 1. The predicted molar refractivity (Wildman–Crippen MR) is 81.6 cm³/mol. The smallest absolute Gasteiger partial charge is 0.361 e. The van der Waals surface area contributed by atoms with Crippen LogP contribution < -0.4 is 0 Å². The van der Waals surface area contributed by atoms with Crippen LogP contribution in [0.2, 0.25) is 0 Å². The van der Waals surface area contributed by atoms with Gasteiger partial charge in [-0.15, -0.1) is 5.10 Å². The molecule has 0 unspecified atom stereocenters. The highest BCUT2D eigenvalue weighted by atomic mass is 19.1. The molecule has 3 aromatic rings. The zero-order chi connectivity index (χ0) is 17.1. The molecular weight excluding hydrogens is 316 g/mol. The van der Waals surface area contributed by atoms with Crippen molar-refractivity contribution in [1.29, 1.82) is 0 Å². The zero-order valence-corrected chi connectivity index (χ0v) is 12.7. The van der Waals surface area contributed by atoms with E-state index in [0.29, 0.717) is 16.9 Å². The molecule has 0 aliphatic carbocycles. The van der Waals surface area contributed by atoms with Crippen LogP contribution in [0.25, 0.3) is 5.69 Å². The summed E-state index contributed by atoms with van der Waals surface area (Å²) in [5, 5.41) is 7.72. The number of hydrogen-bond acceptors (Lipinski definition) is 4. The Morgan fingerprint density at radius 1 is 1.04 bits per heavy atom. The summed E-state index contributed by atoms with van der Waals surface area (Å²) in [7, 11) is 0. The molecular formula is C17H13F2N3O2. The van der Waals surface area contributed by atoms with Crippen LogP contribution in [0.5, 0.6) is 0 Å². The normalized spacial score (nSPS) is 10.6. The highest BCUT2D eigenvalue weighted by Gasteiger charge is 2.18. The Hall–Kier alpha value is -3.09. The fourth-order valence-electron chi connectivity index (χ4n) is 2.14. The first-order chi connectivity index (χ1) is 11.5. The molecule has 1 heterocycles. The van der Waals surface area contributed by atoms with Crippen LogP contribution in [0.4, 0.5) is 8.78 Å². The minimum Gasteiger partial charge on any atom is -0.456 e.